The van der Waals surface area contributed by atoms with E-state index in [2.05, 4.69) is 44.9 Å². The molecule has 1 aromatic carbocycles. The van der Waals surface area contributed by atoms with Crippen molar-refractivity contribution in [1.82, 2.24) is 5.32 Å². The molecule has 0 saturated heterocycles. The van der Waals surface area contributed by atoms with Gasteiger partial charge >= 0.3 is 0 Å². The second-order valence-electron chi connectivity index (χ2n) is 4.92. The number of nitrogens with one attached hydrogen (secondary N) is 2. The van der Waals surface area contributed by atoms with Crippen LogP contribution >= 0.6 is 27.3 Å². The minimum absolute atomic E-state index is 0.0256. The number of carbonyl (C=O) groups is 1. The van der Waals surface area contributed by atoms with Gasteiger partial charge in [0.15, 0.2) is 0 Å². The van der Waals surface area contributed by atoms with Crippen LogP contribution in [0.4, 0.5) is 5.69 Å². The van der Waals surface area contributed by atoms with Crippen molar-refractivity contribution in [2.45, 2.75) is 26.8 Å². The summed E-state index contributed by atoms with van der Waals surface area (Å²) in [5.41, 5.74) is 2.83. The lowest BCUT2D eigenvalue weighted by molar-refractivity contribution is 0.0956. The molecule has 3 nitrogen and oxygen atoms in total. The largest absolute Gasteiger partial charge is 0.377 e. The van der Waals surface area contributed by atoms with E-state index < -0.39 is 0 Å². The fourth-order valence-electron chi connectivity index (χ4n) is 2.09. The van der Waals surface area contributed by atoms with Crippen LogP contribution in [0.5, 0.6) is 0 Å². The van der Waals surface area contributed by atoms with Gasteiger partial charge in [-0.25, -0.2) is 0 Å². The van der Waals surface area contributed by atoms with E-state index in [4.69, 9.17) is 0 Å². The van der Waals surface area contributed by atoms with Crippen molar-refractivity contribution in [3.63, 3.8) is 0 Å². The third-order valence-electron chi connectivity index (χ3n) is 3.21. The van der Waals surface area contributed by atoms with E-state index in [0.29, 0.717) is 12.1 Å². The van der Waals surface area contributed by atoms with Crippen molar-refractivity contribution < 1.29 is 4.79 Å². The molecule has 2 rings (SSSR count). The van der Waals surface area contributed by atoms with Crippen LogP contribution in [0.25, 0.3) is 0 Å². The summed E-state index contributed by atoms with van der Waals surface area (Å²) in [7, 11) is 0. The molecule has 112 valence electrons. The Morgan fingerprint density at radius 1 is 1.38 bits per heavy atom. The molecule has 0 bridgehead atoms. The number of rotatable bonds is 5. The smallest absolute Gasteiger partial charge is 0.251 e. The third kappa shape index (κ3) is 4.08. The quantitative estimate of drug-likeness (QED) is 0.801. The van der Waals surface area contributed by atoms with Gasteiger partial charge in [0.25, 0.3) is 5.91 Å². The summed E-state index contributed by atoms with van der Waals surface area (Å²) < 4.78 is 1.11. The van der Waals surface area contributed by atoms with Crippen molar-refractivity contribution in [2.75, 3.05) is 11.9 Å². The van der Waals surface area contributed by atoms with Gasteiger partial charge in [0, 0.05) is 32.5 Å². The lowest BCUT2D eigenvalue weighted by Gasteiger charge is -2.16. The van der Waals surface area contributed by atoms with Crippen LogP contribution in [0.15, 0.2) is 34.1 Å². The van der Waals surface area contributed by atoms with Crippen LogP contribution in [0, 0.1) is 6.92 Å². The molecule has 1 amide bonds. The molecule has 2 N–H and O–H groups in total. The molecule has 0 aliphatic carbocycles. The van der Waals surface area contributed by atoms with Crippen molar-refractivity contribution >= 4 is 38.9 Å². The standard InChI is InChI=1S/C16H19BrN2OS/c1-4-18-16(20)12-5-6-14(10(2)7-12)19-11(3)15-8-13(17)9-21-15/h5-9,11,19H,4H2,1-3H3,(H,18,20). The first kappa shape index (κ1) is 16.0. The Bertz CT molecular complexity index is 639. The van der Waals surface area contributed by atoms with Gasteiger partial charge in [-0.3, -0.25) is 4.79 Å². The van der Waals surface area contributed by atoms with Crippen molar-refractivity contribution in [2.24, 2.45) is 0 Å². The minimum atomic E-state index is -0.0256. The second-order valence-corrected chi connectivity index (χ2v) is 6.78. The summed E-state index contributed by atoms with van der Waals surface area (Å²) >= 11 is 5.20. The first-order chi connectivity index (χ1) is 10.0. The van der Waals surface area contributed by atoms with E-state index in [1.165, 1.54) is 4.88 Å². The van der Waals surface area contributed by atoms with Gasteiger partial charge in [0.05, 0.1) is 6.04 Å². The Morgan fingerprint density at radius 2 is 2.14 bits per heavy atom. The van der Waals surface area contributed by atoms with Crippen LogP contribution in [-0.4, -0.2) is 12.5 Å². The van der Waals surface area contributed by atoms with Gasteiger partial charge in [0.2, 0.25) is 0 Å². The first-order valence-corrected chi connectivity index (χ1v) is 8.58. The van der Waals surface area contributed by atoms with Gasteiger partial charge in [-0.1, -0.05) is 0 Å². The monoisotopic (exact) mass is 366 g/mol. The normalized spacial score (nSPS) is 12.0. The second kappa shape index (κ2) is 7.09. The van der Waals surface area contributed by atoms with E-state index in [9.17, 15) is 4.79 Å². The van der Waals surface area contributed by atoms with E-state index in [-0.39, 0.29) is 11.9 Å². The molecule has 0 aliphatic heterocycles. The van der Waals surface area contributed by atoms with Crippen LogP contribution in [0.2, 0.25) is 0 Å². The maximum atomic E-state index is 11.8. The molecule has 1 aromatic heterocycles. The Hall–Kier alpha value is -1.33. The summed E-state index contributed by atoms with van der Waals surface area (Å²) in [6.45, 7) is 6.71. The zero-order chi connectivity index (χ0) is 15.4. The molecule has 0 saturated carbocycles. The number of carbonyl (C=O) groups excluding carboxylic acids is 1. The highest BCUT2D eigenvalue weighted by molar-refractivity contribution is 9.10. The average molecular weight is 367 g/mol. The number of amides is 1. The Labute approximate surface area is 137 Å². The topological polar surface area (TPSA) is 41.1 Å². The van der Waals surface area contributed by atoms with Crippen molar-refractivity contribution in [1.29, 1.82) is 0 Å². The van der Waals surface area contributed by atoms with Crippen LogP contribution in [0.1, 0.15) is 40.7 Å². The predicted molar refractivity (Wildman–Crippen MR) is 93.2 cm³/mol. The summed E-state index contributed by atoms with van der Waals surface area (Å²) in [6, 6.07) is 8.11. The molecule has 1 unspecified atom stereocenters. The maximum absolute atomic E-state index is 11.8. The fourth-order valence-corrected chi connectivity index (χ4v) is 3.54. The number of anilines is 1. The van der Waals surface area contributed by atoms with Crippen LogP contribution in [0.3, 0.4) is 0 Å². The SMILES string of the molecule is CCNC(=O)c1ccc(NC(C)c2cc(Br)cs2)c(C)c1. The third-order valence-corrected chi connectivity index (χ3v) is 5.09. The number of aryl methyl sites for hydroxylation is 1. The van der Waals surface area contributed by atoms with Gasteiger partial charge in [0.1, 0.15) is 0 Å². The van der Waals surface area contributed by atoms with E-state index in [0.717, 1.165) is 15.7 Å². The van der Waals surface area contributed by atoms with Gasteiger partial charge in [-0.2, -0.15) is 0 Å². The predicted octanol–water partition coefficient (Wildman–Crippen LogP) is 4.74. The van der Waals surface area contributed by atoms with Gasteiger partial charge in [-0.05, 0) is 66.5 Å². The molecule has 21 heavy (non-hydrogen) atoms. The molecule has 1 heterocycles. The zero-order valence-electron chi connectivity index (χ0n) is 12.4. The average Bonchev–Trinajstić information content (AvgIpc) is 2.88. The highest BCUT2D eigenvalue weighted by Crippen LogP contribution is 2.29. The Morgan fingerprint density at radius 3 is 2.71 bits per heavy atom. The number of benzene rings is 1. The summed E-state index contributed by atoms with van der Waals surface area (Å²) in [5.74, 6) is -0.0256. The molecule has 0 fully saturated rings. The van der Waals surface area contributed by atoms with Crippen LogP contribution in [-0.2, 0) is 0 Å². The van der Waals surface area contributed by atoms with Crippen LogP contribution < -0.4 is 10.6 Å². The molecule has 0 spiro atoms. The lowest BCUT2D eigenvalue weighted by Crippen LogP contribution is -2.22. The minimum Gasteiger partial charge on any atom is -0.377 e. The van der Waals surface area contributed by atoms with E-state index in [1.54, 1.807) is 11.3 Å². The molecular weight excluding hydrogens is 348 g/mol. The molecule has 1 atom stereocenters. The first-order valence-electron chi connectivity index (χ1n) is 6.90. The number of hydrogen-bond donors (Lipinski definition) is 2. The maximum Gasteiger partial charge on any atom is 0.251 e. The molecule has 5 heteroatoms. The summed E-state index contributed by atoms with van der Waals surface area (Å²) in [5, 5.41) is 8.39. The van der Waals surface area contributed by atoms with Gasteiger partial charge < -0.3 is 10.6 Å². The highest BCUT2D eigenvalue weighted by Gasteiger charge is 2.11. The number of halogens is 1. The number of thiophene rings is 1. The number of hydrogen-bond acceptors (Lipinski definition) is 3. The van der Waals surface area contributed by atoms with Crippen molar-refractivity contribution in [3.8, 4) is 0 Å². The molecule has 2 aromatic rings. The zero-order valence-corrected chi connectivity index (χ0v) is 14.8. The Kier molecular flexibility index (Phi) is 5.42. The molecule has 0 radical (unpaired) electrons. The fraction of sp³-hybridized carbons (Fsp3) is 0.312. The van der Waals surface area contributed by atoms with E-state index in [1.807, 2.05) is 32.0 Å². The van der Waals surface area contributed by atoms with E-state index >= 15 is 0 Å². The Balaban J connectivity index is 2.12. The van der Waals surface area contributed by atoms with Gasteiger partial charge in [-0.15, -0.1) is 11.3 Å². The summed E-state index contributed by atoms with van der Waals surface area (Å²) in [6.07, 6.45) is 0. The van der Waals surface area contributed by atoms with Crippen molar-refractivity contribution in [3.05, 3.63) is 50.1 Å². The summed E-state index contributed by atoms with van der Waals surface area (Å²) in [4.78, 5) is 13.1. The molecular formula is C16H19BrN2OS. The molecule has 0 aliphatic rings. The lowest BCUT2D eigenvalue weighted by atomic mass is 10.1. The highest BCUT2D eigenvalue weighted by atomic mass is 79.9.